The molecular formula is C11H14O2. The van der Waals surface area contributed by atoms with Crippen LogP contribution in [0.15, 0.2) is 30.3 Å². The van der Waals surface area contributed by atoms with Crippen LogP contribution < -0.4 is 0 Å². The van der Waals surface area contributed by atoms with Gasteiger partial charge in [-0.25, -0.2) is 0 Å². The second-order valence-corrected chi connectivity index (χ2v) is 3.24. The van der Waals surface area contributed by atoms with E-state index in [4.69, 9.17) is 9.47 Å². The summed E-state index contributed by atoms with van der Waals surface area (Å²) in [6, 6.07) is 10.1. The summed E-state index contributed by atoms with van der Waals surface area (Å²) in [7, 11) is 0. The molecule has 0 amide bonds. The minimum Gasteiger partial charge on any atom is -0.346 e. The first-order valence-electron chi connectivity index (χ1n) is 4.72. The molecule has 1 aromatic carbocycles. The maximum Gasteiger partial charge on any atom is 0.184 e. The zero-order chi connectivity index (χ0) is 9.10. The van der Waals surface area contributed by atoms with Crippen LogP contribution in [0.3, 0.4) is 0 Å². The van der Waals surface area contributed by atoms with E-state index in [2.05, 4.69) is 6.92 Å². The number of benzene rings is 1. The SMILES string of the molecule is CCC1COC(c2ccccc2)O1. The van der Waals surface area contributed by atoms with Crippen LogP contribution >= 0.6 is 0 Å². The van der Waals surface area contributed by atoms with Gasteiger partial charge < -0.3 is 9.47 Å². The Kier molecular flexibility index (Phi) is 2.62. The van der Waals surface area contributed by atoms with E-state index in [0.29, 0.717) is 0 Å². The molecule has 1 aromatic rings. The first-order valence-corrected chi connectivity index (χ1v) is 4.72. The fraction of sp³-hybridized carbons (Fsp3) is 0.455. The fourth-order valence-electron chi connectivity index (χ4n) is 1.45. The van der Waals surface area contributed by atoms with E-state index in [1.54, 1.807) is 0 Å². The van der Waals surface area contributed by atoms with Crippen LogP contribution in [0.2, 0.25) is 0 Å². The predicted octanol–water partition coefficient (Wildman–Crippen LogP) is 2.51. The summed E-state index contributed by atoms with van der Waals surface area (Å²) < 4.78 is 11.2. The van der Waals surface area contributed by atoms with Gasteiger partial charge >= 0.3 is 0 Å². The Balaban J connectivity index is 2.04. The Hall–Kier alpha value is -0.860. The molecule has 1 aliphatic rings. The fourth-order valence-corrected chi connectivity index (χ4v) is 1.45. The van der Waals surface area contributed by atoms with Gasteiger partial charge in [0.05, 0.1) is 12.7 Å². The molecule has 0 aliphatic carbocycles. The van der Waals surface area contributed by atoms with Gasteiger partial charge in [-0.2, -0.15) is 0 Å². The van der Waals surface area contributed by atoms with Gasteiger partial charge in [-0.1, -0.05) is 37.3 Å². The smallest absolute Gasteiger partial charge is 0.184 e. The second kappa shape index (κ2) is 3.90. The third-order valence-electron chi connectivity index (χ3n) is 2.28. The quantitative estimate of drug-likeness (QED) is 0.692. The summed E-state index contributed by atoms with van der Waals surface area (Å²) in [5.41, 5.74) is 1.11. The topological polar surface area (TPSA) is 18.5 Å². The van der Waals surface area contributed by atoms with Crippen LogP contribution in [0.25, 0.3) is 0 Å². The minimum atomic E-state index is -0.147. The van der Waals surface area contributed by atoms with Crippen molar-refractivity contribution >= 4 is 0 Å². The Bertz CT molecular complexity index is 258. The Labute approximate surface area is 78.5 Å². The molecule has 0 spiro atoms. The molecule has 1 fully saturated rings. The minimum absolute atomic E-state index is 0.147. The van der Waals surface area contributed by atoms with E-state index < -0.39 is 0 Å². The molecule has 2 rings (SSSR count). The van der Waals surface area contributed by atoms with Crippen molar-refractivity contribution < 1.29 is 9.47 Å². The molecule has 2 atom stereocenters. The van der Waals surface area contributed by atoms with Gasteiger partial charge in [0, 0.05) is 5.56 Å². The monoisotopic (exact) mass is 178 g/mol. The number of ether oxygens (including phenoxy) is 2. The van der Waals surface area contributed by atoms with Crippen LogP contribution in [-0.2, 0) is 9.47 Å². The molecule has 1 aliphatic heterocycles. The molecule has 1 heterocycles. The van der Waals surface area contributed by atoms with Gasteiger partial charge in [0.25, 0.3) is 0 Å². The van der Waals surface area contributed by atoms with Gasteiger partial charge in [0.1, 0.15) is 0 Å². The lowest BCUT2D eigenvalue weighted by molar-refractivity contribution is -0.0604. The molecule has 2 heteroatoms. The maximum absolute atomic E-state index is 5.67. The van der Waals surface area contributed by atoms with E-state index in [9.17, 15) is 0 Å². The van der Waals surface area contributed by atoms with Gasteiger partial charge in [0.2, 0.25) is 0 Å². The highest BCUT2D eigenvalue weighted by Gasteiger charge is 2.25. The first-order chi connectivity index (χ1) is 6.40. The molecule has 70 valence electrons. The Morgan fingerprint density at radius 2 is 2.08 bits per heavy atom. The first kappa shape index (κ1) is 8.73. The molecule has 0 bridgehead atoms. The van der Waals surface area contributed by atoms with Crippen molar-refractivity contribution in [1.29, 1.82) is 0 Å². The van der Waals surface area contributed by atoms with Crippen molar-refractivity contribution in [3.63, 3.8) is 0 Å². The normalized spacial score (nSPS) is 27.8. The molecule has 0 N–H and O–H groups in total. The van der Waals surface area contributed by atoms with Crippen LogP contribution in [0, 0.1) is 0 Å². The lowest BCUT2D eigenvalue weighted by atomic mass is 10.2. The van der Waals surface area contributed by atoms with E-state index in [-0.39, 0.29) is 12.4 Å². The maximum atomic E-state index is 5.67. The molecular weight excluding hydrogens is 164 g/mol. The second-order valence-electron chi connectivity index (χ2n) is 3.24. The van der Waals surface area contributed by atoms with Crippen molar-refractivity contribution in [2.75, 3.05) is 6.61 Å². The number of hydrogen-bond donors (Lipinski definition) is 0. The van der Waals surface area contributed by atoms with Crippen LogP contribution in [0.4, 0.5) is 0 Å². The molecule has 0 radical (unpaired) electrons. The third kappa shape index (κ3) is 1.90. The summed E-state index contributed by atoms with van der Waals surface area (Å²) in [6.07, 6.45) is 1.14. The molecule has 0 aromatic heterocycles. The van der Waals surface area contributed by atoms with Crippen molar-refractivity contribution in [3.8, 4) is 0 Å². The standard InChI is InChI=1S/C11H14O2/c1-2-10-8-12-11(13-10)9-6-4-3-5-7-9/h3-7,10-11H,2,8H2,1H3. The number of hydrogen-bond acceptors (Lipinski definition) is 2. The largest absolute Gasteiger partial charge is 0.346 e. The summed E-state index contributed by atoms with van der Waals surface area (Å²) in [6.45, 7) is 2.83. The molecule has 0 saturated carbocycles. The van der Waals surface area contributed by atoms with Crippen LogP contribution in [0.1, 0.15) is 25.2 Å². The van der Waals surface area contributed by atoms with E-state index >= 15 is 0 Å². The van der Waals surface area contributed by atoms with Crippen molar-refractivity contribution in [2.45, 2.75) is 25.7 Å². The highest BCUT2D eigenvalue weighted by Crippen LogP contribution is 2.27. The van der Waals surface area contributed by atoms with E-state index in [0.717, 1.165) is 18.6 Å². The average Bonchev–Trinajstić information content (AvgIpc) is 2.67. The lowest BCUT2D eigenvalue weighted by Gasteiger charge is -2.09. The number of rotatable bonds is 2. The van der Waals surface area contributed by atoms with Crippen LogP contribution in [-0.4, -0.2) is 12.7 Å². The summed E-state index contributed by atoms with van der Waals surface area (Å²) >= 11 is 0. The van der Waals surface area contributed by atoms with Crippen molar-refractivity contribution in [1.82, 2.24) is 0 Å². The van der Waals surface area contributed by atoms with E-state index in [1.165, 1.54) is 0 Å². The van der Waals surface area contributed by atoms with Gasteiger partial charge in [-0.3, -0.25) is 0 Å². The highest BCUT2D eigenvalue weighted by atomic mass is 16.7. The average molecular weight is 178 g/mol. The zero-order valence-electron chi connectivity index (χ0n) is 7.77. The van der Waals surface area contributed by atoms with Gasteiger partial charge in [0.15, 0.2) is 6.29 Å². The Morgan fingerprint density at radius 3 is 2.69 bits per heavy atom. The van der Waals surface area contributed by atoms with Crippen molar-refractivity contribution in [2.24, 2.45) is 0 Å². The van der Waals surface area contributed by atoms with Crippen LogP contribution in [0.5, 0.6) is 0 Å². The Morgan fingerprint density at radius 1 is 1.31 bits per heavy atom. The van der Waals surface area contributed by atoms with Gasteiger partial charge in [-0.05, 0) is 6.42 Å². The molecule has 13 heavy (non-hydrogen) atoms. The molecule has 1 saturated heterocycles. The summed E-state index contributed by atoms with van der Waals surface area (Å²) in [5.74, 6) is 0. The third-order valence-corrected chi connectivity index (χ3v) is 2.28. The lowest BCUT2D eigenvalue weighted by Crippen LogP contribution is -2.06. The summed E-state index contributed by atoms with van der Waals surface area (Å²) in [5, 5.41) is 0. The molecule has 2 nitrogen and oxygen atoms in total. The highest BCUT2D eigenvalue weighted by molar-refractivity contribution is 5.16. The van der Waals surface area contributed by atoms with E-state index in [1.807, 2.05) is 30.3 Å². The summed E-state index contributed by atoms with van der Waals surface area (Å²) in [4.78, 5) is 0. The van der Waals surface area contributed by atoms with Gasteiger partial charge in [-0.15, -0.1) is 0 Å². The molecule has 2 unspecified atom stereocenters. The van der Waals surface area contributed by atoms with Crippen molar-refractivity contribution in [3.05, 3.63) is 35.9 Å². The zero-order valence-corrected chi connectivity index (χ0v) is 7.77. The predicted molar refractivity (Wildman–Crippen MR) is 50.3 cm³/mol.